The summed E-state index contributed by atoms with van der Waals surface area (Å²) in [5.74, 6) is 0.411. The second-order valence-electron chi connectivity index (χ2n) is 7.68. The second kappa shape index (κ2) is 8.13. The molecule has 4 nitrogen and oxygen atoms in total. The average Bonchev–Trinajstić information content (AvgIpc) is 2.95. The van der Waals surface area contributed by atoms with Gasteiger partial charge in [0, 0.05) is 12.5 Å². The number of aryl methyl sites for hydroxylation is 2. The summed E-state index contributed by atoms with van der Waals surface area (Å²) < 4.78 is 16.3. The largest absolute Gasteiger partial charge is 0.352 e. The van der Waals surface area contributed by atoms with E-state index in [0.29, 0.717) is 24.2 Å². The molecule has 1 aromatic heterocycles. The monoisotopic (exact) mass is 381 g/mol. The smallest absolute Gasteiger partial charge is 0.243 e. The highest BCUT2D eigenvalue weighted by atomic mass is 19.1. The zero-order valence-corrected chi connectivity index (χ0v) is 17.2. The molecule has 0 fully saturated rings. The van der Waals surface area contributed by atoms with Crippen LogP contribution in [0.5, 0.6) is 0 Å². The molecule has 3 rings (SSSR count). The Kier molecular flexibility index (Phi) is 5.82. The van der Waals surface area contributed by atoms with Crippen LogP contribution in [0.15, 0.2) is 36.4 Å². The van der Waals surface area contributed by atoms with Gasteiger partial charge in [-0.05, 0) is 69.0 Å². The molecule has 0 aliphatic heterocycles. The molecule has 0 aliphatic carbocycles. The summed E-state index contributed by atoms with van der Waals surface area (Å²) in [5.41, 5.74) is 4.62. The highest BCUT2D eigenvalue weighted by Crippen LogP contribution is 2.28. The maximum absolute atomic E-state index is 14.3. The van der Waals surface area contributed by atoms with Gasteiger partial charge in [0.25, 0.3) is 0 Å². The molecular weight excluding hydrogens is 353 g/mol. The van der Waals surface area contributed by atoms with Crippen LogP contribution in [0.1, 0.15) is 55.7 Å². The lowest BCUT2D eigenvalue weighted by atomic mass is 10.1. The van der Waals surface area contributed by atoms with Crippen molar-refractivity contribution < 1.29 is 9.18 Å². The first-order valence-electron chi connectivity index (χ1n) is 9.83. The molecule has 1 amide bonds. The Morgan fingerprint density at radius 2 is 1.86 bits per heavy atom. The quantitative estimate of drug-likeness (QED) is 0.663. The number of hydrogen-bond acceptors (Lipinski definition) is 2. The molecule has 28 heavy (non-hydrogen) atoms. The van der Waals surface area contributed by atoms with Crippen molar-refractivity contribution in [2.45, 2.75) is 59.5 Å². The van der Waals surface area contributed by atoms with Crippen molar-refractivity contribution in [3.8, 4) is 0 Å². The Balaban J connectivity index is 2.17. The fourth-order valence-electron chi connectivity index (χ4n) is 3.55. The topological polar surface area (TPSA) is 46.9 Å². The molecule has 2 aromatic carbocycles. The average molecular weight is 381 g/mol. The predicted molar refractivity (Wildman–Crippen MR) is 111 cm³/mol. The number of fused-ring (bicyclic) bond motifs is 1. The standard InChI is InChI=1S/C23H28FN3O/c1-6-20(23(28)25-14(2)3)27-21-12-16(5)15(4)11-19(21)26-22(27)13-17-9-7-8-10-18(17)24/h7-12,14,20H,6,13H2,1-5H3,(H,25,28)/t20-/m0/s1. The molecule has 0 bridgehead atoms. The van der Waals surface area contributed by atoms with E-state index in [0.717, 1.165) is 22.2 Å². The third-order valence-corrected chi connectivity index (χ3v) is 5.12. The minimum atomic E-state index is -0.392. The SMILES string of the molecule is CC[C@@H](C(=O)NC(C)C)n1c(Cc2ccccc2F)nc2cc(C)c(C)cc21. The van der Waals surface area contributed by atoms with Gasteiger partial charge in [0.05, 0.1) is 11.0 Å². The zero-order valence-electron chi connectivity index (χ0n) is 17.2. The number of halogens is 1. The molecule has 148 valence electrons. The van der Waals surface area contributed by atoms with E-state index in [1.807, 2.05) is 44.4 Å². The molecule has 0 radical (unpaired) electrons. The first kappa shape index (κ1) is 20.1. The van der Waals surface area contributed by atoms with Gasteiger partial charge in [-0.1, -0.05) is 25.1 Å². The number of nitrogens with one attached hydrogen (secondary N) is 1. The van der Waals surface area contributed by atoms with Gasteiger partial charge >= 0.3 is 0 Å². The lowest BCUT2D eigenvalue weighted by Crippen LogP contribution is -2.37. The lowest BCUT2D eigenvalue weighted by molar-refractivity contribution is -0.124. The van der Waals surface area contributed by atoms with Crippen molar-refractivity contribution in [2.75, 3.05) is 0 Å². The van der Waals surface area contributed by atoms with E-state index in [2.05, 4.69) is 18.3 Å². The lowest BCUT2D eigenvalue weighted by Gasteiger charge is -2.22. The number of imidazole rings is 1. The van der Waals surface area contributed by atoms with Gasteiger partial charge in [-0.25, -0.2) is 9.37 Å². The molecule has 1 heterocycles. The van der Waals surface area contributed by atoms with E-state index < -0.39 is 6.04 Å². The molecule has 0 aliphatic rings. The Morgan fingerprint density at radius 3 is 2.50 bits per heavy atom. The Labute approximate surface area is 165 Å². The Bertz CT molecular complexity index is 1010. The van der Waals surface area contributed by atoms with Crippen LogP contribution in [0.2, 0.25) is 0 Å². The summed E-state index contributed by atoms with van der Waals surface area (Å²) in [7, 11) is 0. The summed E-state index contributed by atoms with van der Waals surface area (Å²) in [4.78, 5) is 17.7. The summed E-state index contributed by atoms with van der Waals surface area (Å²) in [6.07, 6.45) is 0.964. The molecule has 1 atom stereocenters. The Morgan fingerprint density at radius 1 is 1.18 bits per heavy atom. The minimum Gasteiger partial charge on any atom is -0.352 e. The van der Waals surface area contributed by atoms with Gasteiger partial charge in [0.1, 0.15) is 17.7 Å². The van der Waals surface area contributed by atoms with Crippen LogP contribution in [0.4, 0.5) is 4.39 Å². The summed E-state index contributed by atoms with van der Waals surface area (Å²) in [5, 5.41) is 3.01. The van der Waals surface area contributed by atoms with E-state index in [-0.39, 0.29) is 17.8 Å². The van der Waals surface area contributed by atoms with Crippen LogP contribution in [0, 0.1) is 19.7 Å². The van der Waals surface area contributed by atoms with Crippen molar-refractivity contribution in [3.63, 3.8) is 0 Å². The van der Waals surface area contributed by atoms with Crippen LogP contribution in [0.3, 0.4) is 0 Å². The minimum absolute atomic E-state index is 0.0372. The number of carbonyl (C=O) groups excluding carboxylic acids is 1. The van der Waals surface area contributed by atoms with Crippen LogP contribution in [0.25, 0.3) is 11.0 Å². The molecule has 3 aromatic rings. The van der Waals surface area contributed by atoms with Gasteiger partial charge in [0.2, 0.25) is 5.91 Å². The highest BCUT2D eigenvalue weighted by molar-refractivity contribution is 5.85. The molecule has 0 unspecified atom stereocenters. The van der Waals surface area contributed by atoms with E-state index >= 15 is 0 Å². The van der Waals surface area contributed by atoms with Crippen LogP contribution in [-0.4, -0.2) is 21.5 Å². The van der Waals surface area contributed by atoms with Gasteiger partial charge in [-0.3, -0.25) is 4.79 Å². The number of carbonyl (C=O) groups is 1. The molecule has 5 heteroatoms. The predicted octanol–water partition coefficient (Wildman–Crippen LogP) is 4.86. The van der Waals surface area contributed by atoms with Gasteiger partial charge in [-0.15, -0.1) is 0 Å². The van der Waals surface area contributed by atoms with E-state index in [1.54, 1.807) is 12.1 Å². The fourth-order valence-corrected chi connectivity index (χ4v) is 3.55. The molecule has 0 saturated heterocycles. The molecule has 0 saturated carbocycles. The molecule has 0 spiro atoms. The van der Waals surface area contributed by atoms with E-state index in [1.165, 1.54) is 6.07 Å². The third-order valence-electron chi connectivity index (χ3n) is 5.12. The number of rotatable bonds is 6. The van der Waals surface area contributed by atoms with E-state index in [9.17, 15) is 9.18 Å². The van der Waals surface area contributed by atoms with Gasteiger partial charge in [0.15, 0.2) is 0 Å². The molecular formula is C23H28FN3O. The normalized spacial score (nSPS) is 12.5. The fraction of sp³-hybridized carbons (Fsp3) is 0.391. The van der Waals surface area contributed by atoms with Crippen LogP contribution in [-0.2, 0) is 11.2 Å². The van der Waals surface area contributed by atoms with Crippen molar-refractivity contribution in [2.24, 2.45) is 0 Å². The van der Waals surface area contributed by atoms with Crippen molar-refractivity contribution >= 4 is 16.9 Å². The number of aromatic nitrogens is 2. The van der Waals surface area contributed by atoms with Gasteiger partial charge in [-0.2, -0.15) is 0 Å². The third kappa shape index (κ3) is 3.93. The number of amides is 1. The number of benzene rings is 2. The molecule has 1 N–H and O–H groups in total. The maximum atomic E-state index is 14.3. The number of hydrogen-bond donors (Lipinski definition) is 1. The number of nitrogens with zero attached hydrogens (tertiary/aromatic N) is 2. The first-order valence-corrected chi connectivity index (χ1v) is 9.83. The first-order chi connectivity index (χ1) is 13.3. The van der Waals surface area contributed by atoms with Crippen molar-refractivity contribution in [1.82, 2.24) is 14.9 Å². The van der Waals surface area contributed by atoms with Gasteiger partial charge < -0.3 is 9.88 Å². The van der Waals surface area contributed by atoms with Crippen LogP contribution >= 0.6 is 0 Å². The second-order valence-corrected chi connectivity index (χ2v) is 7.68. The summed E-state index contributed by atoms with van der Waals surface area (Å²) in [6.45, 7) is 9.99. The maximum Gasteiger partial charge on any atom is 0.243 e. The summed E-state index contributed by atoms with van der Waals surface area (Å²) >= 11 is 0. The van der Waals surface area contributed by atoms with Crippen LogP contribution < -0.4 is 5.32 Å². The van der Waals surface area contributed by atoms with E-state index in [4.69, 9.17) is 4.98 Å². The Hall–Kier alpha value is -2.69. The van der Waals surface area contributed by atoms with Crippen molar-refractivity contribution in [1.29, 1.82) is 0 Å². The highest BCUT2D eigenvalue weighted by Gasteiger charge is 2.25. The zero-order chi connectivity index (χ0) is 20.4. The summed E-state index contributed by atoms with van der Waals surface area (Å²) in [6, 6.07) is 10.5. The van der Waals surface area contributed by atoms with Crippen molar-refractivity contribution in [3.05, 3.63) is 64.7 Å².